The second-order valence-corrected chi connectivity index (χ2v) is 6.97. The van der Waals surface area contributed by atoms with Gasteiger partial charge in [-0.05, 0) is 30.2 Å². The molecule has 2 heterocycles. The van der Waals surface area contributed by atoms with E-state index in [1.807, 2.05) is 13.0 Å². The molecule has 24 heavy (non-hydrogen) atoms. The summed E-state index contributed by atoms with van der Waals surface area (Å²) >= 11 is 12.2. The molecule has 6 nitrogen and oxygen atoms in total. The molecule has 2 aliphatic rings. The van der Waals surface area contributed by atoms with E-state index in [-0.39, 0.29) is 18.0 Å². The van der Waals surface area contributed by atoms with Gasteiger partial charge in [0, 0.05) is 49.3 Å². The number of nitrogens with one attached hydrogen (secondary N) is 2. The minimum absolute atomic E-state index is 0.00431. The van der Waals surface area contributed by atoms with Crippen molar-refractivity contribution in [3.05, 3.63) is 33.3 Å². The second-order valence-electron chi connectivity index (χ2n) is 6.13. The van der Waals surface area contributed by atoms with E-state index in [2.05, 4.69) is 15.5 Å². The topological polar surface area (TPSA) is 64.7 Å². The smallest absolute Gasteiger partial charge is 0.317 e. The third-order valence-electron chi connectivity index (χ3n) is 4.58. The largest absolute Gasteiger partial charge is 0.353 e. The van der Waals surface area contributed by atoms with Gasteiger partial charge in [-0.2, -0.15) is 0 Å². The summed E-state index contributed by atoms with van der Waals surface area (Å²) in [6.45, 7) is 5.49. The number of amides is 3. The van der Waals surface area contributed by atoms with Gasteiger partial charge in [0.15, 0.2) is 0 Å². The first-order chi connectivity index (χ1) is 11.5. The van der Waals surface area contributed by atoms with Gasteiger partial charge in [0.1, 0.15) is 6.04 Å². The average molecular weight is 371 g/mol. The molecule has 0 radical (unpaired) electrons. The zero-order chi connectivity index (χ0) is 17.3. The molecule has 0 spiro atoms. The lowest BCUT2D eigenvalue weighted by atomic mass is 10.1. The average Bonchev–Trinajstić information content (AvgIpc) is 2.53. The van der Waals surface area contributed by atoms with Crippen LogP contribution in [-0.2, 0) is 11.3 Å². The Kier molecular flexibility index (Phi) is 5.18. The maximum atomic E-state index is 12.4. The summed E-state index contributed by atoms with van der Waals surface area (Å²) in [6, 6.07) is 3.06. The lowest BCUT2D eigenvalue weighted by Crippen LogP contribution is -2.65. The highest BCUT2D eigenvalue weighted by Gasteiger charge is 2.36. The van der Waals surface area contributed by atoms with E-state index in [0.29, 0.717) is 42.8 Å². The molecule has 2 saturated heterocycles. The van der Waals surface area contributed by atoms with Gasteiger partial charge in [-0.3, -0.25) is 9.69 Å². The van der Waals surface area contributed by atoms with Crippen LogP contribution in [0.5, 0.6) is 0 Å². The van der Waals surface area contributed by atoms with E-state index < -0.39 is 0 Å². The van der Waals surface area contributed by atoms with Crippen LogP contribution in [0.3, 0.4) is 0 Å². The van der Waals surface area contributed by atoms with Crippen LogP contribution < -0.4 is 10.6 Å². The Morgan fingerprint density at radius 2 is 2.12 bits per heavy atom. The molecule has 1 aromatic rings. The van der Waals surface area contributed by atoms with Gasteiger partial charge in [-0.15, -0.1) is 0 Å². The quantitative estimate of drug-likeness (QED) is 0.831. The van der Waals surface area contributed by atoms with E-state index in [1.165, 1.54) is 0 Å². The van der Waals surface area contributed by atoms with Gasteiger partial charge < -0.3 is 15.5 Å². The number of halogens is 2. The molecule has 1 aromatic carbocycles. The minimum atomic E-state index is -0.251. The number of hydrogen-bond donors (Lipinski definition) is 2. The van der Waals surface area contributed by atoms with Crippen LogP contribution in [0.2, 0.25) is 10.0 Å². The van der Waals surface area contributed by atoms with Crippen LogP contribution in [0.4, 0.5) is 4.79 Å². The van der Waals surface area contributed by atoms with Gasteiger partial charge in [0.25, 0.3) is 0 Å². The Bertz CT molecular complexity index is 644. The summed E-state index contributed by atoms with van der Waals surface area (Å²) in [4.78, 5) is 28.2. The Hall–Kier alpha value is -1.50. The second kappa shape index (κ2) is 7.17. The highest BCUT2D eigenvalue weighted by Crippen LogP contribution is 2.25. The lowest BCUT2D eigenvalue weighted by Gasteiger charge is -2.42. The van der Waals surface area contributed by atoms with Crippen molar-refractivity contribution in [2.75, 3.05) is 32.7 Å². The van der Waals surface area contributed by atoms with Gasteiger partial charge in [-0.25, -0.2) is 4.79 Å². The summed E-state index contributed by atoms with van der Waals surface area (Å²) in [5.74, 6) is -0.00431. The maximum Gasteiger partial charge on any atom is 0.317 e. The van der Waals surface area contributed by atoms with Crippen LogP contribution in [0.25, 0.3) is 0 Å². The van der Waals surface area contributed by atoms with Crippen LogP contribution in [0.15, 0.2) is 12.1 Å². The van der Waals surface area contributed by atoms with E-state index in [0.717, 1.165) is 17.7 Å². The number of piperazine rings is 2. The highest BCUT2D eigenvalue weighted by atomic mass is 35.5. The normalized spacial score (nSPS) is 21.2. The number of aryl methyl sites for hydroxylation is 1. The molecular formula is C16H20Cl2N4O2. The molecular weight excluding hydrogens is 351 g/mol. The van der Waals surface area contributed by atoms with Crippen LogP contribution in [-0.4, -0.2) is 60.5 Å². The van der Waals surface area contributed by atoms with Crippen molar-refractivity contribution in [2.45, 2.75) is 19.5 Å². The predicted octanol–water partition coefficient (Wildman–Crippen LogP) is 1.63. The molecule has 0 unspecified atom stereocenters. The molecule has 0 aliphatic carbocycles. The van der Waals surface area contributed by atoms with Crippen molar-refractivity contribution in [1.82, 2.24) is 20.4 Å². The van der Waals surface area contributed by atoms with Crippen molar-refractivity contribution in [2.24, 2.45) is 0 Å². The van der Waals surface area contributed by atoms with Crippen molar-refractivity contribution in [3.63, 3.8) is 0 Å². The molecule has 3 rings (SSSR count). The molecule has 2 N–H and O–H groups in total. The number of urea groups is 1. The summed E-state index contributed by atoms with van der Waals surface area (Å²) < 4.78 is 0. The third kappa shape index (κ3) is 3.61. The van der Waals surface area contributed by atoms with Gasteiger partial charge in [0.2, 0.25) is 5.91 Å². The summed E-state index contributed by atoms with van der Waals surface area (Å²) in [5, 5.41) is 6.85. The van der Waals surface area contributed by atoms with Crippen molar-refractivity contribution in [3.8, 4) is 0 Å². The van der Waals surface area contributed by atoms with Crippen molar-refractivity contribution in [1.29, 1.82) is 0 Å². The Balaban J connectivity index is 1.61. The monoisotopic (exact) mass is 370 g/mol. The maximum absolute atomic E-state index is 12.4. The molecule has 0 bridgehead atoms. The van der Waals surface area contributed by atoms with Crippen LogP contribution in [0, 0.1) is 6.92 Å². The standard InChI is InChI=1S/C16H20Cl2N4O2/c1-10-6-11(17)7-13(18)12(10)8-20-16(24)22-5-4-21-3-2-19-15(23)14(21)9-22/h6-7,14H,2-5,8-9H2,1H3,(H,19,23)(H,20,24)/t14-/m1/s1. The van der Waals surface area contributed by atoms with E-state index in [1.54, 1.807) is 11.0 Å². The molecule has 2 aliphatic heterocycles. The van der Waals surface area contributed by atoms with Crippen LogP contribution >= 0.6 is 23.2 Å². The third-order valence-corrected chi connectivity index (χ3v) is 5.13. The van der Waals surface area contributed by atoms with E-state index in [4.69, 9.17) is 23.2 Å². The zero-order valence-corrected chi connectivity index (χ0v) is 15.0. The summed E-state index contributed by atoms with van der Waals surface area (Å²) in [7, 11) is 0. The van der Waals surface area contributed by atoms with Gasteiger partial charge in [-0.1, -0.05) is 23.2 Å². The number of fused-ring (bicyclic) bond motifs is 1. The fraction of sp³-hybridized carbons (Fsp3) is 0.500. The number of benzene rings is 1. The minimum Gasteiger partial charge on any atom is -0.353 e. The van der Waals surface area contributed by atoms with Crippen molar-refractivity contribution >= 4 is 35.1 Å². The molecule has 3 amide bonds. The summed E-state index contributed by atoms with van der Waals surface area (Å²) in [5.41, 5.74) is 1.78. The number of hydrogen-bond acceptors (Lipinski definition) is 3. The fourth-order valence-electron chi connectivity index (χ4n) is 3.19. The number of carbonyl (C=O) groups is 2. The SMILES string of the molecule is Cc1cc(Cl)cc(Cl)c1CNC(=O)N1CCN2CCNC(=O)[C@H]2C1. The summed E-state index contributed by atoms with van der Waals surface area (Å²) in [6.07, 6.45) is 0. The number of rotatable bonds is 2. The van der Waals surface area contributed by atoms with E-state index in [9.17, 15) is 9.59 Å². The fourth-order valence-corrected chi connectivity index (χ4v) is 3.86. The highest BCUT2D eigenvalue weighted by molar-refractivity contribution is 6.35. The molecule has 130 valence electrons. The first kappa shape index (κ1) is 17.3. The van der Waals surface area contributed by atoms with E-state index >= 15 is 0 Å². The lowest BCUT2D eigenvalue weighted by molar-refractivity contribution is -0.131. The Morgan fingerprint density at radius 3 is 2.88 bits per heavy atom. The predicted molar refractivity (Wildman–Crippen MR) is 93.4 cm³/mol. The molecule has 1 atom stereocenters. The van der Waals surface area contributed by atoms with Gasteiger partial charge in [0.05, 0.1) is 0 Å². The molecule has 2 fully saturated rings. The first-order valence-corrected chi connectivity index (χ1v) is 8.70. The number of nitrogens with zero attached hydrogens (tertiary/aromatic N) is 2. The molecule has 0 saturated carbocycles. The zero-order valence-electron chi connectivity index (χ0n) is 13.4. The van der Waals surface area contributed by atoms with Gasteiger partial charge >= 0.3 is 6.03 Å². The van der Waals surface area contributed by atoms with Crippen molar-refractivity contribution < 1.29 is 9.59 Å². The first-order valence-electron chi connectivity index (χ1n) is 7.95. The Morgan fingerprint density at radius 1 is 1.33 bits per heavy atom. The number of carbonyl (C=O) groups excluding carboxylic acids is 2. The molecule has 8 heteroatoms. The van der Waals surface area contributed by atoms with Crippen LogP contribution in [0.1, 0.15) is 11.1 Å². The molecule has 0 aromatic heterocycles. The Labute approximate surface area is 151 Å².